The quantitative estimate of drug-likeness (QED) is 0.135. The van der Waals surface area contributed by atoms with Crippen LogP contribution in [0.2, 0.25) is 0 Å². The molecule has 0 N–H and O–H groups in total. The fourth-order valence-electron chi connectivity index (χ4n) is 4.65. The average molecular weight is 589 g/mol. The molecule has 4 heteroatoms. The number of hydrogen-bond donors (Lipinski definition) is 0. The van der Waals surface area contributed by atoms with Gasteiger partial charge in [0.05, 0.1) is 9.52 Å². The van der Waals surface area contributed by atoms with E-state index in [1.54, 1.807) is 0 Å². The zero-order valence-corrected chi connectivity index (χ0v) is 25.3. The van der Waals surface area contributed by atoms with Gasteiger partial charge in [-0.25, -0.2) is 0 Å². The van der Waals surface area contributed by atoms with Gasteiger partial charge in [0, 0.05) is 0 Å². The molecule has 5 aromatic rings. The van der Waals surface area contributed by atoms with E-state index in [0.717, 1.165) is 9.52 Å². The molecule has 0 unspecified atom stereocenters. The van der Waals surface area contributed by atoms with E-state index >= 15 is 0 Å². The maximum Gasteiger partial charge on any atom is 0.0920 e. The third-order valence-corrected chi connectivity index (χ3v) is 7.82. The van der Waals surface area contributed by atoms with Crippen molar-refractivity contribution >= 4 is 47.7 Å². The van der Waals surface area contributed by atoms with Crippen LogP contribution in [0.1, 0.15) is 22.3 Å². The summed E-state index contributed by atoms with van der Waals surface area (Å²) in [4.78, 5) is 0. The topological polar surface area (TPSA) is 0 Å². The van der Waals surface area contributed by atoms with Crippen molar-refractivity contribution in [2.45, 2.75) is 27.7 Å². The van der Waals surface area contributed by atoms with Crippen molar-refractivity contribution in [1.82, 2.24) is 0 Å². The molecule has 0 aliphatic carbocycles. The third kappa shape index (κ3) is 5.78. The van der Waals surface area contributed by atoms with Crippen LogP contribution in [0.25, 0.3) is 33.0 Å². The SMILES string of the molecule is Cc1cc2c(-c3cccc(C)c3C)c(C)ccc2[cH-]1.[Cl][Zr+2][Cl].[c-]1cccc2c1[Si]c1ccccc1-2. The number of benzene rings is 4. The average Bonchev–Trinajstić information content (AvgIpc) is 3.42. The predicted octanol–water partition coefficient (Wildman–Crippen LogP) is 7.96. The van der Waals surface area contributed by atoms with Gasteiger partial charge in [0.25, 0.3) is 0 Å². The maximum absolute atomic E-state index is 4.93. The molecule has 0 spiro atoms. The van der Waals surface area contributed by atoms with Gasteiger partial charge in [-0.1, -0.05) is 71.3 Å². The van der Waals surface area contributed by atoms with Gasteiger partial charge in [-0.05, 0) is 37.5 Å². The Morgan fingerprint density at radius 2 is 1.49 bits per heavy atom. The number of halogens is 2. The molecule has 1 aliphatic heterocycles. The van der Waals surface area contributed by atoms with Gasteiger partial charge >= 0.3 is 37.9 Å². The van der Waals surface area contributed by atoms with Gasteiger partial charge in [-0.3, -0.25) is 0 Å². The zero-order chi connectivity index (χ0) is 24.9. The van der Waals surface area contributed by atoms with E-state index in [1.165, 1.54) is 65.7 Å². The Kier molecular flexibility index (Phi) is 8.95. The fraction of sp³-hybridized carbons (Fsp3) is 0.129. The fourth-order valence-corrected chi connectivity index (χ4v) is 5.96. The molecule has 0 amide bonds. The van der Waals surface area contributed by atoms with Crippen molar-refractivity contribution < 1.29 is 20.8 Å². The monoisotopic (exact) mass is 586 g/mol. The summed E-state index contributed by atoms with van der Waals surface area (Å²) in [6.07, 6.45) is 0. The summed E-state index contributed by atoms with van der Waals surface area (Å²) < 4.78 is 0. The Hall–Kier alpha value is -1.83. The van der Waals surface area contributed by atoms with E-state index in [2.05, 4.69) is 113 Å². The second kappa shape index (κ2) is 11.9. The van der Waals surface area contributed by atoms with Crippen LogP contribution in [0.4, 0.5) is 0 Å². The van der Waals surface area contributed by atoms with Gasteiger partial charge in [-0.15, -0.1) is 40.1 Å². The van der Waals surface area contributed by atoms with E-state index in [9.17, 15) is 0 Å². The Morgan fingerprint density at radius 1 is 0.771 bits per heavy atom. The Labute approximate surface area is 230 Å². The minimum absolute atomic E-state index is 0.795. The number of aryl methyl sites for hydroxylation is 3. The minimum atomic E-state index is -0.826. The first-order chi connectivity index (χ1) is 16.9. The van der Waals surface area contributed by atoms with E-state index < -0.39 is 20.8 Å². The molecule has 1 heterocycles. The van der Waals surface area contributed by atoms with Gasteiger partial charge in [0.1, 0.15) is 0 Å². The van der Waals surface area contributed by atoms with E-state index in [0.29, 0.717) is 0 Å². The van der Waals surface area contributed by atoms with Crippen LogP contribution in [0.3, 0.4) is 0 Å². The largest absolute Gasteiger partial charge is 0.184 e. The van der Waals surface area contributed by atoms with Crippen molar-refractivity contribution in [2.24, 2.45) is 0 Å². The van der Waals surface area contributed by atoms with Crippen LogP contribution in [0.15, 0.2) is 84.9 Å². The van der Waals surface area contributed by atoms with Crippen LogP contribution >= 0.6 is 17.0 Å². The van der Waals surface area contributed by atoms with Crippen molar-refractivity contribution in [1.29, 1.82) is 0 Å². The summed E-state index contributed by atoms with van der Waals surface area (Å²) in [5.41, 5.74) is 11.0. The molecule has 0 fully saturated rings. The predicted molar refractivity (Wildman–Crippen MR) is 151 cm³/mol. The standard InChI is InChI=1S/C19H19.C12H7Si.2ClH.Zr/c1-12-10-16-9-8-14(3)19(18(16)11-12)17-7-5-6-13(2)15(17)4;1-3-7-11-9(5-1)10-6-2-4-8-12(10)13-11;;;/h5-11H,1-4H3;1-7H;2*1H;/q2*-1;;;+4/p-2. The summed E-state index contributed by atoms with van der Waals surface area (Å²) in [7, 11) is 10.7. The van der Waals surface area contributed by atoms with E-state index in [-0.39, 0.29) is 0 Å². The molecule has 0 bridgehead atoms. The molecule has 2 radical (unpaired) electrons. The van der Waals surface area contributed by atoms with Crippen molar-refractivity contribution in [3.8, 4) is 22.3 Å². The number of rotatable bonds is 1. The van der Waals surface area contributed by atoms with Gasteiger partial charge in [-0.2, -0.15) is 35.5 Å². The zero-order valence-electron chi connectivity index (χ0n) is 20.3. The Bertz CT molecular complexity index is 1430. The molecule has 0 saturated heterocycles. The molecule has 0 aromatic heterocycles. The first kappa shape index (κ1) is 26.2. The molecular weight excluding hydrogens is 563 g/mol. The normalized spacial score (nSPS) is 10.9. The van der Waals surface area contributed by atoms with Gasteiger partial charge < -0.3 is 0 Å². The summed E-state index contributed by atoms with van der Waals surface area (Å²) >= 11 is -0.826. The van der Waals surface area contributed by atoms with Crippen LogP contribution in [-0.4, -0.2) is 9.52 Å². The van der Waals surface area contributed by atoms with Crippen LogP contribution in [0.5, 0.6) is 0 Å². The van der Waals surface area contributed by atoms with Crippen LogP contribution in [-0.2, 0) is 20.8 Å². The Balaban J connectivity index is 0.000000156. The van der Waals surface area contributed by atoms with Crippen molar-refractivity contribution in [3.05, 3.63) is 113 Å². The van der Waals surface area contributed by atoms with E-state index in [4.69, 9.17) is 17.0 Å². The second-order valence-corrected chi connectivity index (χ2v) is 13.8. The summed E-state index contributed by atoms with van der Waals surface area (Å²) in [6.45, 7) is 8.78. The van der Waals surface area contributed by atoms with Gasteiger partial charge in [0.15, 0.2) is 0 Å². The summed E-state index contributed by atoms with van der Waals surface area (Å²) in [5.74, 6) is 0. The summed E-state index contributed by atoms with van der Waals surface area (Å²) in [6, 6.07) is 33.8. The number of hydrogen-bond acceptors (Lipinski definition) is 0. The molecule has 172 valence electrons. The third-order valence-electron chi connectivity index (χ3n) is 6.45. The van der Waals surface area contributed by atoms with Crippen molar-refractivity contribution in [3.63, 3.8) is 0 Å². The molecule has 6 rings (SSSR count). The Morgan fingerprint density at radius 3 is 2.29 bits per heavy atom. The minimum Gasteiger partial charge on any atom is -0.184 e. The maximum atomic E-state index is 4.93. The van der Waals surface area contributed by atoms with Crippen LogP contribution < -0.4 is 10.4 Å². The van der Waals surface area contributed by atoms with Crippen LogP contribution in [0, 0.1) is 33.8 Å². The van der Waals surface area contributed by atoms with Gasteiger partial charge in [0.2, 0.25) is 0 Å². The first-order valence-corrected chi connectivity index (χ1v) is 18.8. The smallest absolute Gasteiger partial charge is 0.0920 e. The second-order valence-electron chi connectivity index (χ2n) is 8.74. The molecule has 0 saturated carbocycles. The summed E-state index contributed by atoms with van der Waals surface area (Å²) in [5, 5.41) is 5.55. The van der Waals surface area contributed by atoms with Crippen molar-refractivity contribution in [2.75, 3.05) is 0 Å². The molecular formula is C31H26Cl2SiZr. The van der Waals surface area contributed by atoms with E-state index in [1.807, 2.05) is 6.07 Å². The first-order valence-electron chi connectivity index (χ1n) is 11.5. The molecule has 0 atom stereocenters. The molecule has 1 aliphatic rings. The molecule has 5 aromatic carbocycles. The molecule has 35 heavy (non-hydrogen) atoms. The number of fused-ring (bicyclic) bond motifs is 4. The molecule has 0 nitrogen and oxygen atoms in total.